The average molecular weight is 294 g/mol. The van der Waals surface area contributed by atoms with Crippen molar-refractivity contribution in [3.8, 4) is 0 Å². The molecule has 0 N–H and O–H groups in total. The molecule has 1 unspecified atom stereocenters. The molecule has 3 aliphatic carbocycles. The van der Waals surface area contributed by atoms with Crippen LogP contribution in [0, 0.1) is 17.8 Å². The Hall–Kier alpha value is 0.430. The highest BCUT2D eigenvalue weighted by molar-refractivity contribution is 7.19. The normalized spacial score (nSPS) is 28.6. The molecular weight excluding hydrogens is 259 g/mol. The molecule has 0 radical (unpaired) electrons. The van der Waals surface area contributed by atoms with Crippen molar-refractivity contribution in [2.45, 2.75) is 101 Å². The Morgan fingerprint density at radius 3 is 0.950 bits per heavy atom. The third-order valence-corrected chi connectivity index (χ3v) is 8.35. The summed E-state index contributed by atoms with van der Waals surface area (Å²) in [6.07, 6.45) is 22.8. The Balaban J connectivity index is 1.79. The second-order valence-electron chi connectivity index (χ2n) is 8.00. The lowest BCUT2D eigenvalue weighted by molar-refractivity contribution is 0.0987. The highest BCUT2D eigenvalue weighted by Crippen LogP contribution is 2.55. The fourth-order valence-electron chi connectivity index (χ4n) is 5.81. The summed E-state index contributed by atoms with van der Waals surface area (Å²) >= 11 is 0. The SMILES string of the molecule is PC(C1CCCCC1)(C1CCCCC1)C1CCCCC1. The van der Waals surface area contributed by atoms with Gasteiger partial charge in [0.1, 0.15) is 0 Å². The second kappa shape index (κ2) is 7.13. The van der Waals surface area contributed by atoms with Crippen molar-refractivity contribution in [3.63, 3.8) is 0 Å². The van der Waals surface area contributed by atoms with Crippen molar-refractivity contribution in [2.24, 2.45) is 17.8 Å². The summed E-state index contributed by atoms with van der Waals surface area (Å²) < 4.78 is 0. The highest BCUT2D eigenvalue weighted by Gasteiger charge is 2.47. The first-order valence-corrected chi connectivity index (χ1v) is 10.2. The van der Waals surface area contributed by atoms with Crippen LogP contribution in [0.15, 0.2) is 0 Å². The van der Waals surface area contributed by atoms with Gasteiger partial charge in [-0.2, -0.15) is 0 Å². The first kappa shape index (κ1) is 15.3. The van der Waals surface area contributed by atoms with Crippen molar-refractivity contribution >= 4 is 9.24 Å². The minimum atomic E-state index is 0.626. The Kier molecular flexibility index (Phi) is 5.46. The third kappa shape index (κ3) is 3.11. The molecule has 20 heavy (non-hydrogen) atoms. The zero-order valence-electron chi connectivity index (χ0n) is 13.4. The molecule has 3 saturated carbocycles. The molecule has 116 valence electrons. The van der Waals surface area contributed by atoms with Gasteiger partial charge in [-0.05, 0) is 61.4 Å². The van der Waals surface area contributed by atoms with E-state index in [-0.39, 0.29) is 0 Å². The van der Waals surface area contributed by atoms with Gasteiger partial charge in [0.05, 0.1) is 0 Å². The van der Waals surface area contributed by atoms with Crippen molar-refractivity contribution in [1.29, 1.82) is 0 Å². The number of rotatable bonds is 3. The van der Waals surface area contributed by atoms with Gasteiger partial charge < -0.3 is 0 Å². The maximum Gasteiger partial charge on any atom is -0.00658 e. The van der Waals surface area contributed by atoms with Gasteiger partial charge in [-0.25, -0.2) is 0 Å². The molecule has 3 rings (SSSR count). The van der Waals surface area contributed by atoms with Gasteiger partial charge in [-0.15, -0.1) is 9.24 Å². The summed E-state index contributed by atoms with van der Waals surface area (Å²) in [5.74, 6) is 3.10. The molecule has 0 saturated heterocycles. The number of hydrogen-bond donors (Lipinski definition) is 0. The summed E-state index contributed by atoms with van der Waals surface area (Å²) in [5.41, 5.74) is 0. The van der Waals surface area contributed by atoms with Crippen LogP contribution in [0.25, 0.3) is 0 Å². The standard InChI is InChI=1S/C19H35P/c20-19(16-10-4-1-5-11-16,17-12-6-2-7-13-17)18-14-8-3-9-15-18/h16-18H,1-15,20H2. The van der Waals surface area contributed by atoms with E-state index >= 15 is 0 Å². The molecule has 0 aromatic heterocycles. The van der Waals surface area contributed by atoms with Gasteiger partial charge in [0, 0.05) is 0 Å². The Morgan fingerprint density at radius 2 is 0.700 bits per heavy atom. The minimum absolute atomic E-state index is 0.626. The first-order chi connectivity index (χ1) is 9.82. The van der Waals surface area contributed by atoms with Gasteiger partial charge in [-0.1, -0.05) is 57.8 Å². The van der Waals surface area contributed by atoms with E-state index in [1.54, 1.807) is 0 Å². The molecule has 0 aromatic carbocycles. The monoisotopic (exact) mass is 294 g/mol. The fraction of sp³-hybridized carbons (Fsp3) is 1.00. The van der Waals surface area contributed by atoms with Gasteiger partial charge in [0.25, 0.3) is 0 Å². The molecule has 0 amide bonds. The third-order valence-electron chi connectivity index (χ3n) is 6.94. The lowest BCUT2D eigenvalue weighted by Gasteiger charge is -2.52. The van der Waals surface area contributed by atoms with E-state index in [4.69, 9.17) is 0 Å². The topological polar surface area (TPSA) is 0 Å². The van der Waals surface area contributed by atoms with E-state index in [1.807, 2.05) is 0 Å². The lowest BCUT2D eigenvalue weighted by atomic mass is 9.61. The van der Waals surface area contributed by atoms with E-state index in [0.29, 0.717) is 5.16 Å². The van der Waals surface area contributed by atoms with Crippen LogP contribution in [0.5, 0.6) is 0 Å². The maximum absolute atomic E-state index is 3.52. The fourth-order valence-corrected chi connectivity index (χ4v) is 6.81. The quantitative estimate of drug-likeness (QED) is 0.533. The second-order valence-corrected chi connectivity index (χ2v) is 9.00. The summed E-state index contributed by atoms with van der Waals surface area (Å²) in [6.45, 7) is 0. The molecule has 0 heterocycles. The molecule has 0 spiro atoms. The van der Waals surface area contributed by atoms with Crippen LogP contribution in [0.4, 0.5) is 0 Å². The molecule has 0 aliphatic heterocycles. The van der Waals surface area contributed by atoms with Gasteiger partial charge in [0.15, 0.2) is 0 Å². The summed E-state index contributed by atoms with van der Waals surface area (Å²) in [7, 11) is 3.52. The van der Waals surface area contributed by atoms with Crippen molar-refractivity contribution in [3.05, 3.63) is 0 Å². The summed E-state index contributed by atoms with van der Waals surface area (Å²) in [4.78, 5) is 0. The molecule has 1 heteroatoms. The van der Waals surface area contributed by atoms with E-state index in [9.17, 15) is 0 Å². The van der Waals surface area contributed by atoms with Crippen LogP contribution in [-0.4, -0.2) is 5.16 Å². The highest BCUT2D eigenvalue weighted by atomic mass is 31.0. The molecule has 0 aromatic rings. The maximum atomic E-state index is 3.52. The van der Waals surface area contributed by atoms with Gasteiger partial charge in [-0.3, -0.25) is 0 Å². The molecule has 3 aliphatic rings. The predicted octanol–water partition coefficient (Wildman–Crippen LogP) is 6.34. The summed E-state index contributed by atoms with van der Waals surface area (Å²) in [5, 5.41) is 0.626. The van der Waals surface area contributed by atoms with Crippen LogP contribution in [0.2, 0.25) is 0 Å². The van der Waals surface area contributed by atoms with Crippen LogP contribution < -0.4 is 0 Å². The van der Waals surface area contributed by atoms with Crippen molar-refractivity contribution in [2.75, 3.05) is 0 Å². The van der Waals surface area contributed by atoms with Gasteiger partial charge >= 0.3 is 0 Å². The molecular formula is C19H35P. The average Bonchev–Trinajstić information content (AvgIpc) is 2.56. The van der Waals surface area contributed by atoms with Gasteiger partial charge in [0.2, 0.25) is 0 Å². The zero-order chi connectivity index (χ0) is 13.8. The molecule has 0 bridgehead atoms. The zero-order valence-corrected chi connectivity index (χ0v) is 14.6. The van der Waals surface area contributed by atoms with Crippen molar-refractivity contribution < 1.29 is 0 Å². The Morgan fingerprint density at radius 1 is 0.450 bits per heavy atom. The van der Waals surface area contributed by atoms with E-state index in [0.717, 1.165) is 17.8 Å². The summed E-state index contributed by atoms with van der Waals surface area (Å²) in [6, 6.07) is 0. The molecule has 0 nitrogen and oxygen atoms in total. The number of hydrogen-bond acceptors (Lipinski definition) is 0. The predicted molar refractivity (Wildman–Crippen MR) is 92.2 cm³/mol. The Labute approximate surface area is 129 Å². The largest absolute Gasteiger partial charge is 0.130 e. The van der Waals surface area contributed by atoms with Crippen LogP contribution in [-0.2, 0) is 0 Å². The van der Waals surface area contributed by atoms with Crippen LogP contribution in [0.3, 0.4) is 0 Å². The lowest BCUT2D eigenvalue weighted by Crippen LogP contribution is -2.48. The molecule has 1 atom stereocenters. The van der Waals surface area contributed by atoms with E-state index in [1.165, 1.54) is 96.3 Å². The Bertz CT molecular complexity index is 235. The minimum Gasteiger partial charge on any atom is -0.130 e. The van der Waals surface area contributed by atoms with Crippen molar-refractivity contribution in [1.82, 2.24) is 0 Å². The molecule has 3 fully saturated rings. The smallest absolute Gasteiger partial charge is 0.00658 e. The van der Waals surface area contributed by atoms with E-state index in [2.05, 4.69) is 9.24 Å². The van der Waals surface area contributed by atoms with E-state index < -0.39 is 0 Å². The first-order valence-electron chi connectivity index (χ1n) is 9.60. The van der Waals surface area contributed by atoms with Crippen LogP contribution in [0.1, 0.15) is 96.3 Å². The van der Waals surface area contributed by atoms with Crippen LogP contribution >= 0.6 is 9.24 Å².